The molecule has 4 aromatic rings. The maximum atomic E-state index is 6.86. The zero-order chi connectivity index (χ0) is 18.8. The molecule has 4 rings (SSSR count). The van der Waals surface area contributed by atoms with Crippen molar-refractivity contribution >= 4 is 46.1 Å². The minimum absolute atomic E-state index is 0.706. The Morgan fingerprint density at radius 1 is 0.556 bits per heavy atom. The molecule has 0 unspecified atom stereocenters. The molecule has 4 heteroatoms. The zero-order valence-electron chi connectivity index (χ0n) is 14.1. The number of benzene rings is 3. The molecule has 0 fully saturated rings. The molecule has 0 bridgehead atoms. The van der Waals surface area contributed by atoms with Crippen molar-refractivity contribution in [2.45, 2.75) is 0 Å². The summed E-state index contributed by atoms with van der Waals surface area (Å²) in [6.45, 7) is 0. The van der Waals surface area contributed by atoms with Gasteiger partial charge in [0.15, 0.2) is 0 Å². The van der Waals surface area contributed by atoms with Gasteiger partial charge in [-0.25, -0.2) is 0 Å². The molecule has 0 amide bonds. The van der Waals surface area contributed by atoms with E-state index in [1.807, 2.05) is 66.7 Å². The summed E-state index contributed by atoms with van der Waals surface area (Å²) in [5.74, 6) is 0. The summed E-state index contributed by atoms with van der Waals surface area (Å²) in [6, 6.07) is 28.0. The van der Waals surface area contributed by atoms with Crippen LogP contribution in [0, 0.1) is 0 Å². The molecule has 0 nitrogen and oxygen atoms in total. The molecule has 1 aromatic heterocycles. The van der Waals surface area contributed by atoms with Gasteiger partial charge < -0.3 is 0 Å². The highest BCUT2D eigenvalue weighted by molar-refractivity contribution is 7.19. The van der Waals surface area contributed by atoms with E-state index in [0.29, 0.717) is 5.02 Å². The highest BCUT2D eigenvalue weighted by Crippen LogP contribution is 2.44. The van der Waals surface area contributed by atoms with Crippen LogP contribution in [0.5, 0.6) is 0 Å². The van der Waals surface area contributed by atoms with E-state index >= 15 is 0 Å². The van der Waals surface area contributed by atoms with E-state index in [1.165, 1.54) is 0 Å². The van der Waals surface area contributed by atoms with Crippen LogP contribution < -0.4 is 0 Å². The first-order valence-corrected chi connectivity index (χ1v) is 10.3. The van der Waals surface area contributed by atoms with Gasteiger partial charge in [0.2, 0.25) is 16.2 Å². The predicted molar refractivity (Wildman–Crippen MR) is 120 cm³/mol. The average molecular weight is 429 g/mol. The van der Waals surface area contributed by atoms with Gasteiger partial charge in [-0.1, -0.05) is 65.1 Å². The Morgan fingerprint density at radius 3 is 1.70 bits per heavy atom. The Bertz CT molecular complexity index is 1070. The average Bonchev–Trinajstić information content (AvgIpc) is 2.70. The standard InChI is InChI=1S/C23H14Cl3S/c24-18-10-6-16(7-11-18)21-14-20(15-4-2-1-3-5-15)22(26)23(27-21)17-8-12-19(25)13-9-17/h1-14H/q+1. The smallest absolute Gasteiger partial charge is 0.0843 e. The van der Waals surface area contributed by atoms with Gasteiger partial charge in [0.1, 0.15) is 5.02 Å². The Balaban J connectivity index is 1.96. The van der Waals surface area contributed by atoms with Gasteiger partial charge in [0.05, 0.1) is 0 Å². The quantitative estimate of drug-likeness (QED) is 0.285. The summed E-state index contributed by atoms with van der Waals surface area (Å²) in [5, 5.41) is 2.17. The second-order valence-electron chi connectivity index (χ2n) is 6.05. The molecular formula is C23H14Cl3S+. The lowest BCUT2D eigenvalue weighted by molar-refractivity contribution is 1.62. The fourth-order valence-electron chi connectivity index (χ4n) is 2.87. The predicted octanol–water partition coefficient (Wildman–Crippen LogP) is 8.99. The van der Waals surface area contributed by atoms with Gasteiger partial charge in [-0.3, -0.25) is 0 Å². The molecule has 0 spiro atoms. The van der Waals surface area contributed by atoms with Crippen molar-refractivity contribution in [3.8, 4) is 32.0 Å². The summed E-state index contributed by atoms with van der Waals surface area (Å²) < 4.78 is 0. The van der Waals surface area contributed by atoms with Crippen LogP contribution >= 0.6 is 46.1 Å². The fourth-order valence-corrected chi connectivity index (χ4v) is 4.62. The Morgan fingerprint density at radius 2 is 1.11 bits per heavy atom. The number of rotatable bonds is 3. The number of hydrogen-bond acceptors (Lipinski definition) is 0. The molecule has 0 aliphatic rings. The first-order chi connectivity index (χ1) is 13.1. The molecule has 0 radical (unpaired) electrons. The van der Waals surface area contributed by atoms with E-state index in [-0.39, 0.29) is 0 Å². The normalized spacial score (nSPS) is 10.8. The lowest BCUT2D eigenvalue weighted by Gasteiger charge is -2.06. The molecule has 1 heterocycles. The van der Waals surface area contributed by atoms with Gasteiger partial charge in [-0.2, -0.15) is 0 Å². The molecular weight excluding hydrogens is 415 g/mol. The van der Waals surface area contributed by atoms with Crippen molar-refractivity contribution in [2.24, 2.45) is 0 Å². The van der Waals surface area contributed by atoms with Gasteiger partial charge >= 0.3 is 0 Å². The van der Waals surface area contributed by atoms with Crippen LogP contribution in [-0.4, -0.2) is 0 Å². The van der Waals surface area contributed by atoms with Crippen molar-refractivity contribution in [3.05, 3.63) is 100.0 Å². The van der Waals surface area contributed by atoms with Crippen LogP contribution in [0.2, 0.25) is 15.1 Å². The second-order valence-corrected chi connectivity index (χ2v) is 8.35. The molecule has 0 aliphatic carbocycles. The third-order valence-corrected chi connectivity index (χ3v) is 6.47. The fraction of sp³-hybridized carbons (Fsp3) is 0. The van der Waals surface area contributed by atoms with E-state index < -0.39 is 0 Å². The third-order valence-electron chi connectivity index (χ3n) is 4.24. The summed E-state index contributed by atoms with van der Waals surface area (Å²) >= 11 is 20.6. The van der Waals surface area contributed by atoms with Crippen LogP contribution in [0.15, 0.2) is 84.9 Å². The van der Waals surface area contributed by atoms with Crippen molar-refractivity contribution < 1.29 is 0 Å². The molecule has 0 saturated heterocycles. The number of halogens is 3. The minimum Gasteiger partial charge on any atom is -0.0843 e. The third kappa shape index (κ3) is 4.02. The van der Waals surface area contributed by atoms with Crippen LogP contribution in [0.1, 0.15) is 0 Å². The molecule has 27 heavy (non-hydrogen) atoms. The van der Waals surface area contributed by atoms with Crippen LogP contribution in [-0.2, 0) is 0 Å². The van der Waals surface area contributed by atoms with Crippen LogP contribution in [0.4, 0.5) is 0 Å². The SMILES string of the molecule is Clc1ccc(-c2cc(-c3ccccc3)c(Cl)c(-c3ccc(Cl)cc3)[s+]2)cc1. The van der Waals surface area contributed by atoms with E-state index in [2.05, 4.69) is 18.2 Å². The second kappa shape index (κ2) is 8.00. The van der Waals surface area contributed by atoms with Gasteiger partial charge in [0, 0.05) is 32.8 Å². The monoisotopic (exact) mass is 427 g/mol. The Labute approximate surface area is 177 Å². The Hall–Kier alpha value is -1.90. The largest absolute Gasteiger partial charge is 0.257 e. The van der Waals surface area contributed by atoms with Crippen molar-refractivity contribution in [3.63, 3.8) is 0 Å². The van der Waals surface area contributed by atoms with E-state index in [0.717, 1.165) is 42.1 Å². The molecule has 3 aromatic carbocycles. The van der Waals surface area contributed by atoms with E-state index in [1.54, 1.807) is 11.3 Å². The first-order valence-electron chi connectivity index (χ1n) is 8.36. The van der Waals surface area contributed by atoms with Crippen molar-refractivity contribution in [1.82, 2.24) is 0 Å². The number of hydrogen-bond donors (Lipinski definition) is 0. The highest BCUT2D eigenvalue weighted by Gasteiger charge is 2.24. The minimum atomic E-state index is 0.706. The first kappa shape index (κ1) is 18.5. The molecule has 0 saturated carbocycles. The van der Waals surface area contributed by atoms with Crippen molar-refractivity contribution in [2.75, 3.05) is 0 Å². The van der Waals surface area contributed by atoms with E-state index in [9.17, 15) is 0 Å². The molecule has 0 aliphatic heterocycles. The molecule has 132 valence electrons. The zero-order valence-corrected chi connectivity index (χ0v) is 17.2. The van der Waals surface area contributed by atoms with Gasteiger partial charge in [0.25, 0.3) is 4.88 Å². The van der Waals surface area contributed by atoms with Gasteiger partial charge in [-0.15, -0.1) is 0 Å². The lowest BCUT2D eigenvalue weighted by Crippen LogP contribution is -1.86. The van der Waals surface area contributed by atoms with Crippen molar-refractivity contribution in [1.29, 1.82) is 0 Å². The van der Waals surface area contributed by atoms with Gasteiger partial charge in [-0.05, 0) is 54.1 Å². The maximum absolute atomic E-state index is 6.86. The highest BCUT2D eigenvalue weighted by atomic mass is 35.5. The lowest BCUT2D eigenvalue weighted by atomic mass is 10.0. The van der Waals surface area contributed by atoms with Crippen LogP contribution in [0.25, 0.3) is 32.0 Å². The molecule has 0 N–H and O–H groups in total. The summed E-state index contributed by atoms with van der Waals surface area (Å²) in [6.07, 6.45) is 0. The summed E-state index contributed by atoms with van der Waals surface area (Å²) in [4.78, 5) is 2.14. The van der Waals surface area contributed by atoms with Crippen LogP contribution in [0.3, 0.4) is 0 Å². The summed E-state index contributed by atoms with van der Waals surface area (Å²) in [7, 11) is 0. The topological polar surface area (TPSA) is 0 Å². The van der Waals surface area contributed by atoms with E-state index in [4.69, 9.17) is 34.8 Å². The summed E-state index contributed by atoms with van der Waals surface area (Å²) in [5.41, 5.74) is 4.24. The Kier molecular flexibility index (Phi) is 5.47. The molecule has 0 atom stereocenters. The maximum Gasteiger partial charge on any atom is 0.257 e.